The van der Waals surface area contributed by atoms with Crippen LogP contribution in [0.5, 0.6) is 0 Å². The van der Waals surface area contributed by atoms with Crippen molar-refractivity contribution in [2.24, 2.45) is 0 Å². The number of amides is 1. The van der Waals surface area contributed by atoms with Crippen molar-refractivity contribution in [1.29, 1.82) is 0 Å². The van der Waals surface area contributed by atoms with Crippen LogP contribution in [0.25, 0.3) is 11.1 Å². The van der Waals surface area contributed by atoms with E-state index in [0.717, 1.165) is 34.5 Å². The zero-order valence-electron chi connectivity index (χ0n) is 10.1. The largest absolute Gasteiger partial charge is 0.382 e. The molecule has 0 atom stereocenters. The van der Waals surface area contributed by atoms with Gasteiger partial charge < -0.3 is 11.1 Å². The van der Waals surface area contributed by atoms with Crippen LogP contribution in [0.3, 0.4) is 0 Å². The van der Waals surface area contributed by atoms with Gasteiger partial charge in [-0.15, -0.1) is 0 Å². The van der Waals surface area contributed by atoms with E-state index in [9.17, 15) is 4.79 Å². The molecule has 0 aliphatic carbocycles. The van der Waals surface area contributed by atoms with Crippen molar-refractivity contribution < 1.29 is 4.79 Å². The Hall–Kier alpha value is -2.30. The van der Waals surface area contributed by atoms with Gasteiger partial charge in [0.15, 0.2) is 5.82 Å². The number of nitrogens with zero attached hydrogens (tertiary/aromatic N) is 1. The molecule has 5 nitrogen and oxygen atoms in total. The van der Waals surface area contributed by atoms with Gasteiger partial charge in [-0.3, -0.25) is 9.89 Å². The highest BCUT2D eigenvalue weighted by atomic mass is 16.1. The van der Waals surface area contributed by atoms with Crippen molar-refractivity contribution in [2.45, 2.75) is 19.8 Å². The Morgan fingerprint density at radius 3 is 2.89 bits per heavy atom. The summed E-state index contributed by atoms with van der Waals surface area (Å²) in [6, 6.07) is 5.95. The Bertz CT molecular complexity index is 610. The third-order valence-electron chi connectivity index (χ3n) is 3.26. The number of nitrogens with one attached hydrogen (secondary N) is 2. The van der Waals surface area contributed by atoms with Gasteiger partial charge >= 0.3 is 0 Å². The first-order valence-electron chi connectivity index (χ1n) is 5.89. The second kappa shape index (κ2) is 3.87. The average Bonchev–Trinajstić information content (AvgIpc) is 2.69. The van der Waals surface area contributed by atoms with Gasteiger partial charge in [-0.25, -0.2) is 0 Å². The van der Waals surface area contributed by atoms with Gasteiger partial charge in [0, 0.05) is 23.4 Å². The average molecular weight is 242 g/mol. The minimum Gasteiger partial charge on any atom is -0.382 e. The molecule has 0 unspecified atom stereocenters. The normalized spacial score (nSPS) is 14.2. The Labute approximate surface area is 104 Å². The number of carbonyl (C=O) groups excluding carboxylic acids is 1. The third kappa shape index (κ3) is 1.64. The van der Waals surface area contributed by atoms with Crippen LogP contribution in [0.4, 0.5) is 11.5 Å². The maximum atomic E-state index is 11.3. The fraction of sp³-hybridized carbons (Fsp3) is 0.231. The summed E-state index contributed by atoms with van der Waals surface area (Å²) in [6.07, 6.45) is 1.31. The van der Waals surface area contributed by atoms with Crippen molar-refractivity contribution in [3.8, 4) is 11.1 Å². The van der Waals surface area contributed by atoms with E-state index in [1.54, 1.807) is 0 Å². The molecule has 1 aromatic heterocycles. The molecule has 18 heavy (non-hydrogen) atoms. The van der Waals surface area contributed by atoms with Crippen LogP contribution in [0.1, 0.15) is 17.7 Å². The molecule has 1 amide bonds. The fourth-order valence-corrected chi connectivity index (χ4v) is 2.35. The molecule has 2 aromatic rings. The number of carbonyl (C=O) groups is 1. The summed E-state index contributed by atoms with van der Waals surface area (Å²) in [4.78, 5) is 11.3. The number of aryl methyl sites for hydroxylation is 2. The molecule has 2 heterocycles. The molecule has 5 heteroatoms. The second-order valence-electron chi connectivity index (χ2n) is 4.53. The summed E-state index contributed by atoms with van der Waals surface area (Å²) >= 11 is 0. The lowest BCUT2D eigenvalue weighted by molar-refractivity contribution is -0.116. The Balaban J connectivity index is 2.08. The van der Waals surface area contributed by atoms with Crippen LogP contribution >= 0.6 is 0 Å². The zero-order valence-corrected chi connectivity index (χ0v) is 10.1. The highest BCUT2D eigenvalue weighted by Gasteiger charge is 2.17. The Morgan fingerprint density at radius 2 is 2.17 bits per heavy atom. The number of nitrogen functional groups attached to an aromatic ring is 1. The first-order chi connectivity index (χ1) is 8.65. The number of aromatic nitrogens is 2. The summed E-state index contributed by atoms with van der Waals surface area (Å²) in [7, 11) is 0. The van der Waals surface area contributed by atoms with Crippen LogP contribution in [-0.4, -0.2) is 16.1 Å². The smallest absolute Gasteiger partial charge is 0.224 e. The molecule has 0 fully saturated rings. The third-order valence-corrected chi connectivity index (χ3v) is 3.26. The minimum atomic E-state index is 0.0780. The van der Waals surface area contributed by atoms with Gasteiger partial charge in [0.2, 0.25) is 5.91 Å². The molecular formula is C13H14N4O. The van der Waals surface area contributed by atoms with E-state index in [4.69, 9.17) is 5.73 Å². The standard InChI is InChI=1S/C13H14N4O/c1-7-12(13(14)17-16-7)9-2-4-10-8(6-9)3-5-11(18)15-10/h2,4,6H,3,5H2,1H3,(H,15,18)(H3,14,16,17). The monoisotopic (exact) mass is 242 g/mol. The van der Waals surface area contributed by atoms with Crippen LogP contribution in [-0.2, 0) is 11.2 Å². The van der Waals surface area contributed by atoms with E-state index in [-0.39, 0.29) is 5.91 Å². The van der Waals surface area contributed by atoms with Gasteiger partial charge in [-0.05, 0) is 36.6 Å². The Kier molecular flexibility index (Phi) is 2.33. The van der Waals surface area contributed by atoms with E-state index >= 15 is 0 Å². The van der Waals surface area contributed by atoms with E-state index in [2.05, 4.69) is 21.6 Å². The van der Waals surface area contributed by atoms with E-state index < -0.39 is 0 Å². The number of hydrogen-bond acceptors (Lipinski definition) is 3. The van der Waals surface area contributed by atoms with Crippen LogP contribution in [0.15, 0.2) is 18.2 Å². The van der Waals surface area contributed by atoms with Crippen LogP contribution in [0, 0.1) is 6.92 Å². The van der Waals surface area contributed by atoms with Crippen molar-refractivity contribution >= 4 is 17.4 Å². The topological polar surface area (TPSA) is 83.8 Å². The highest BCUT2D eigenvalue weighted by molar-refractivity contribution is 5.94. The van der Waals surface area contributed by atoms with Crippen molar-refractivity contribution in [2.75, 3.05) is 11.1 Å². The molecule has 92 valence electrons. The molecule has 3 rings (SSSR count). The number of fused-ring (bicyclic) bond motifs is 1. The SMILES string of the molecule is Cc1[nH]nc(N)c1-c1ccc2c(c1)CCC(=O)N2. The molecule has 0 saturated carbocycles. The number of hydrogen-bond donors (Lipinski definition) is 3. The maximum absolute atomic E-state index is 11.3. The van der Waals surface area contributed by atoms with Gasteiger partial charge in [0.1, 0.15) is 0 Å². The lowest BCUT2D eigenvalue weighted by Gasteiger charge is -2.17. The molecule has 0 bridgehead atoms. The molecular weight excluding hydrogens is 228 g/mol. The lowest BCUT2D eigenvalue weighted by Crippen LogP contribution is -2.18. The predicted octanol–water partition coefficient (Wildman–Crippen LogP) is 1.85. The maximum Gasteiger partial charge on any atom is 0.224 e. The number of H-pyrrole nitrogens is 1. The lowest BCUT2D eigenvalue weighted by atomic mass is 9.97. The van der Waals surface area contributed by atoms with Crippen molar-refractivity contribution in [3.63, 3.8) is 0 Å². The molecule has 0 saturated heterocycles. The number of benzene rings is 1. The molecule has 1 aliphatic rings. The Morgan fingerprint density at radius 1 is 1.33 bits per heavy atom. The van der Waals surface area contributed by atoms with Crippen LogP contribution in [0.2, 0.25) is 0 Å². The molecule has 1 aromatic carbocycles. The summed E-state index contributed by atoms with van der Waals surface area (Å²) in [5.74, 6) is 0.585. The second-order valence-corrected chi connectivity index (χ2v) is 4.53. The first-order valence-corrected chi connectivity index (χ1v) is 5.89. The minimum absolute atomic E-state index is 0.0780. The number of nitrogens with two attached hydrogens (primary N) is 1. The molecule has 0 spiro atoms. The van der Waals surface area contributed by atoms with Gasteiger partial charge in [-0.1, -0.05) is 6.07 Å². The predicted molar refractivity (Wildman–Crippen MR) is 70.1 cm³/mol. The van der Waals surface area contributed by atoms with E-state index in [0.29, 0.717) is 12.2 Å². The first kappa shape index (κ1) is 10.8. The van der Waals surface area contributed by atoms with Crippen LogP contribution < -0.4 is 11.1 Å². The quantitative estimate of drug-likeness (QED) is 0.713. The molecule has 1 aliphatic heterocycles. The summed E-state index contributed by atoms with van der Waals surface area (Å²) < 4.78 is 0. The summed E-state index contributed by atoms with van der Waals surface area (Å²) in [5, 5.41) is 9.75. The van der Waals surface area contributed by atoms with Crippen molar-refractivity contribution in [1.82, 2.24) is 10.2 Å². The highest BCUT2D eigenvalue weighted by Crippen LogP contribution is 2.32. The van der Waals surface area contributed by atoms with E-state index in [1.807, 2.05) is 19.1 Å². The zero-order chi connectivity index (χ0) is 12.7. The van der Waals surface area contributed by atoms with Crippen molar-refractivity contribution in [3.05, 3.63) is 29.5 Å². The van der Waals surface area contributed by atoms with Gasteiger partial charge in [0.05, 0.1) is 0 Å². The summed E-state index contributed by atoms with van der Waals surface area (Å²) in [6.45, 7) is 1.94. The summed E-state index contributed by atoms with van der Waals surface area (Å²) in [5.41, 5.74) is 10.8. The van der Waals surface area contributed by atoms with Gasteiger partial charge in [0.25, 0.3) is 0 Å². The number of rotatable bonds is 1. The number of anilines is 2. The fourth-order valence-electron chi connectivity index (χ4n) is 2.35. The number of aromatic amines is 1. The van der Waals surface area contributed by atoms with E-state index in [1.165, 1.54) is 0 Å². The van der Waals surface area contributed by atoms with Gasteiger partial charge in [-0.2, -0.15) is 5.10 Å². The molecule has 0 radical (unpaired) electrons. The molecule has 4 N–H and O–H groups in total.